The van der Waals surface area contributed by atoms with Crippen molar-refractivity contribution in [3.63, 3.8) is 0 Å². The zero-order valence-electron chi connectivity index (χ0n) is 20.2. The first-order valence-electron chi connectivity index (χ1n) is 10.5. The molecule has 2 aromatic carbocycles. The van der Waals surface area contributed by atoms with Gasteiger partial charge in [0.25, 0.3) is 10.9 Å². The number of hydrogen-bond acceptors (Lipinski definition) is 7. The number of nitrogens with one attached hydrogen (secondary N) is 2. The average molecular weight is 446 g/mol. The second kappa shape index (κ2) is 14.5. The van der Waals surface area contributed by atoms with Crippen LogP contribution in [-0.2, 0) is 11.3 Å². The molecular formula is C23H35N5O4. The second-order valence-corrected chi connectivity index (χ2v) is 6.45. The highest BCUT2D eigenvalue weighted by atomic mass is 16.3. The number of carbonyl (C=O) groups is 1. The lowest BCUT2D eigenvalue weighted by molar-refractivity contribution is -0.123. The van der Waals surface area contributed by atoms with Crippen molar-refractivity contribution in [1.82, 2.24) is 15.3 Å². The van der Waals surface area contributed by atoms with Crippen molar-refractivity contribution in [1.29, 1.82) is 0 Å². The van der Waals surface area contributed by atoms with Gasteiger partial charge < -0.3 is 20.7 Å². The number of likely N-dealkylation sites (N-methyl/N-ethyl adjacent to an activating group) is 1. The molecule has 9 heteroatoms. The van der Waals surface area contributed by atoms with Crippen LogP contribution >= 0.6 is 0 Å². The van der Waals surface area contributed by atoms with E-state index in [1.807, 2.05) is 58.0 Å². The molecule has 176 valence electrons. The quantitative estimate of drug-likeness (QED) is 0.150. The topological polar surface area (TPSA) is 114 Å². The lowest BCUT2D eigenvalue weighted by atomic mass is 10.1. The Labute approximate surface area is 189 Å². The summed E-state index contributed by atoms with van der Waals surface area (Å²) >= 11 is 0. The van der Waals surface area contributed by atoms with Crippen molar-refractivity contribution in [3.8, 4) is 0 Å². The molecule has 0 fully saturated rings. The van der Waals surface area contributed by atoms with Crippen molar-refractivity contribution in [2.24, 2.45) is 4.99 Å². The summed E-state index contributed by atoms with van der Waals surface area (Å²) < 4.78 is 0. The second-order valence-electron chi connectivity index (χ2n) is 6.45. The van der Waals surface area contributed by atoms with Crippen LogP contribution in [0, 0.1) is 0 Å². The number of anilines is 1. The van der Waals surface area contributed by atoms with Gasteiger partial charge in [0, 0.05) is 40.8 Å². The summed E-state index contributed by atoms with van der Waals surface area (Å²) in [5.41, 5.74) is 2.17. The third-order valence-electron chi connectivity index (χ3n) is 3.69. The minimum Gasteiger partial charge on any atom is -0.504 e. The maximum atomic E-state index is 12.0. The Balaban J connectivity index is 0.00000227. The molecule has 32 heavy (non-hydrogen) atoms. The summed E-state index contributed by atoms with van der Waals surface area (Å²) in [5, 5.41) is 14.6. The van der Waals surface area contributed by atoms with Crippen LogP contribution in [0.1, 0.15) is 33.3 Å². The van der Waals surface area contributed by atoms with Crippen molar-refractivity contribution in [2.75, 3.05) is 33.5 Å². The number of aliphatic imine (C=N–C) groups is 1. The van der Waals surface area contributed by atoms with Gasteiger partial charge >= 0.3 is 0 Å². The largest absolute Gasteiger partial charge is 0.504 e. The van der Waals surface area contributed by atoms with Gasteiger partial charge in [-0.15, -0.1) is 0 Å². The van der Waals surface area contributed by atoms with E-state index in [1.165, 1.54) is 24.0 Å². The number of aliphatic hydroxyl groups is 1. The first kappa shape index (κ1) is 28.5. The Morgan fingerprint density at radius 3 is 2.06 bits per heavy atom. The Morgan fingerprint density at radius 1 is 1.00 bits per heavy atom. The van der Waals surface area contributed by atoms with Crippen molar-refractivity contribution < 1.29 is 9.90 Å². The van der Waals surface area contributed by atoms with E-state index in [9.17, 15) is 19.5 Å². The third-order valence-corrected chi connectivity index (χ3v) is 3.69. The van der Waals surface area contributed by atoms with Gasteiger partial charge in [0.1, 0.15) is 11.4 Å². The number of hydrazine groups is 1. The summed E-state index contributed by atoms with van der Waals surface area (Å²) in [6.07, 6.45) is 0.970. The molecule has 0 saturated heterocycles. The normalized spacial score (nSPS) is 11.2. The van der Waals surface area contributed by atoms with E-state index in [4.69, 9.17) is 0 Å². The molecule has 2 aromatic rings. The lowest BCUT2D eigenvalue weighted by Crippen LogP contribution is -2.39. The van der Waals surface area contributed by atoms with E-state index in [0.717, 1.165) is 11.6 Å². The molecule has 0 radical (unpaired) electrons. The predicted molar refractivity (Wildman–Crippen MR) is 131 cm³/mol. The van der Waals surface area contributed by atoms with Gasteiger partial charge in [0.15, 0.2) is 11.6 Å². The molecule has 0 bridgehead atoms. The number of aliphatic hydroxyl groups excluding tert-OH is 1. The van der Waals surface area contributed by atoms with Gasteiger partial charge in [0.2, 0.25) is 5.91 Å². The Morgan fingerprint density at radius 2 is 1.56 bits per heavy atom. The van der Waals surface area contributed by atoms with E-state index in [2.05, 4.69) is 15.7 Å². The molecule has 0 aliphatic heterocycles. The zero-order valence-corrected chi connectivity index (χ0v) is 20.2. The molecule has 9 nitrogen and oxygen atoms in total. The summed E-state index contributed by atoms with van der Waals surface area (Å²) in [6.45, 7) is 8.34. The molecule has 0 aliphatic rings. The fraction of sp³-hybridized carbons (Fsp3) is 0.391. The minimum absolute atomic E-state index is 0.0682. The maximum absolute atomic E-state index is 12.0. The van der Waals surface area contributed by atoms with E-state index < -0.39 is 22.5 Å². The van der Waals surface area contributed by atoms with Crippen LogP contribution < -0.4 is 21.6 Å². The van der Waals surface area contributed by atoms with Gasteiger partial charge in [0.05, 0.1) is 0 Å². The number of amides is 1. The highest BCUT2D eigenvalue weighted by Gasteiger charge is 2.22. The smallest absolute Gasteiger partial charge is 0.255 e. The standard InChI is InChI=1S/C19H23N5O4.2C2H6/c1-23(2)14(26)10-13(25)19(22-24(3)4)21-16-15(17(27)18(16)28)20-11-12-8-6-5-7-9-12;2*1-2/h5-10,20,25H,11H2,1-4H3,(H,21,22);2*1-2H3/b13-10-;;. The fourth-order valence-corrected chi connectivity index (χ4v) is 2.21. The molecule has 0 unspecified atom stereocenters. The van der Waals surface area contributed by atoms with Gasteiger partial charge in [-0.2, -0.15) is 0 Å². The molecule has 0 aliphatic carbocycles. The van der Waals surface area contributed by atoms with Crippen molar-refractivity contribution in [3.05, 3.63) is 68.2 Å². The third kappa shape index (κ3) is 8.35. The van der Waals surface area contributed by atoms with E-state index >= 15 is 0 Å². The molecule has 1 amide bonds. The SMILES string of the molecule is CC.CC.CN(C)NC(=Nc1c(NCc2ccccc2)c(=O)c1=O)/C(O)=C/C(=O)N(C)C. The number of nitrogens with zero attached hydrogens (tertiary/aromatic N) is 3. The van der Waals surface area contributed by atoms with Crippen LogP contribution in [-0.4, -0.2) is 54.9 Å². The molecule has 2 rings (SSSR count). The van der Waals surface area contributed by atoms with Crippen LogP contribution in [0.5, 0.6) is 0 Å². The summed E-state index contributed by atoms with van der Waals surface area (Å²) in [6, 6.07) is 9.35. The van der Waals surface area contributed by atoms with Crippen LogP contribution in [0.25, 0.3) is 0 Å². The van der Waals surface area contributed by atoms with E-state index in [-0.39, 0.29) is 17.2 Å². The number of hydrogen-bond donors (Lipinski definition) is 3. The van der Waals surface area contributed by atoms with E-state index in [0.29, 0.717) is 6.54 Å². The van der Waals surface area contributed by atoms with Crippen LogP contribution in [0.15, 0.2) is 56.7 Å². The van der Waals surface area contributed by atoms with Gasteiger partial charge in [-0.3, -0.25) is 14.4 Å². The van der Waals surface area contributed by atoms with Crippen LogP contribution in [0.2, 0.25) is 0 Å². The number of rotatable bonds is 7. The number of benzene rings is 1. The molecule has 0 atom stereocenters. The van der Waals surface area contributed by atoms with E-state index in [1.54, 1.807) is 14.1 Å². The van der Waals surface area contributed by atoms with Gasteiger partial charge in [-0.25, -0.2) is 10.0 Å². The van der Waals surface area contributed by atoms with Crippen molar-refractivity contribution >= 4 is 23.1 Å². The highest BCUT2D eigenvalue weighted by Crippen LogP contribution is 2.20. The zero-order chi connectivity index (χ0) is 24.8. The van der Waals surface area contributed by atoms with Crippen LogP contribution in [0.4, 0.5) is 11.4 Å². The highest BCUT2D eigenvalue weighted by molar-refractivity contribution is 6.03. The van der Waals surface area contributed by atoms with Crippen molar-refractivity contribution in [2.45, 2.75) is 34.2 Å². The molecule has 0 aromatic heterocycles. The molecule has 0 heterocycles. The minimum atomic E-state index is -0.764. The first-order chi connectivity index (χ1) is 15.2. The predicted octanol–water partition coefficient (Wildman–Crippen LogP) is 2.57. The Hall–Kier alpha value is -3.46. The van der Waals surface area contributed by atoms with Crippen LogP contribution in [0.3, 0.4) is 0 Å². The van der Waals surface area contributed by atoms with Gasteiger partial charge in [-0.1, -0.05) is 58.0 Å². The maximum Gasteiger partial charge on any atom is 0.255 e. The summed E-state index contributed by atoms with van der Waals surface area (Å²) in [5.74, 6) is -1.05. The summed E-state index contributed by atoms with van der Waals surface area (Å²) in [7, 11) is 6.36. The molecule has 3 N–H and O–H groups in total. The first-order valence-corrected chi connectivity index (χ1v) is 10.5. The Kier molecular flexibility index (Phi) is 13.0. The number of carbonyl (C=O) groups excluding carboxylic acids is 1. The summed E-state index contributed by atoms with van der Waals surface area (Å²) in [4.78, 5) is 41.1. The Bertz CT molecular complexity index is 972. The monoisotopic (exact) mass is 445 g/mol. The molecular weight excluding hydrogens is 410 g/mol. The molecule has 0 saturated carbocycles. The number of amidine groups is 1. The van der Waals surface area contributed by atoms with Gasteiger partial charge in [-0.05, 0) is 5.56 Å². The lowest BCUT2D eigenvalue weighted by Gasteiger charge is -2.17. The molecule has 0 spiro atoms. The fourth-order valence-electron chi connectivity index (χ4n) is 2.21. The average Bonchev–Trinajstić information content (AvgIpc) is 2.80.